The second-order valence-corrected chi connectivity index (χ2v) is 6.14. The van der Waals surface area contributed by atoms with Gasteiger partial charge in [0.2, 0.25) is 5.91 Å². The Bertz CT molecular complexity index is 408. The monoisotopic (exact) mass is 279 g/mol. The zero-order valence-corrected chi connectivity index (χ0v) is 12.4. The molecule has 112 valence electrons. The van der Waals surface area contributed by atoms with E-state index in [-0.39, 0.29) is 5.91 Å². The van der Waals surface area contributed by atoms with Crippen LogP contribution in [0.25, 0.3) is 0 Å². The second kappa shape index (κ2) is 6.42. The first-order valence-electron chi connectivity index (χ1n) is 7.74. The van der Waals surface area contributed by atoms with E-state index in [0.717, 1.165) is 38.5 Å². The van der Waals surface area contributed by atoms with Crippen LogP contribution in [-0.2, 0) is 9.59 Å². The largest absolute Gasteiger partial charge is 0.479 e. The summed E-state index contributed by atoms with van der Waals surface area (Å²) in [5, 5.41) is 9.61. The highest BCUT2D eigenvalue weighted by Gasteiger charge is 2.45. The number of rotatable bonds is 4. The summed E-state index contributed by atoms with van der Waals surface area (Å²) in [6, 6.07) is 0. The number of carbonyl (C=O) groups excluding carboxylic acids is 1. The van der Waals surface area contributed by atoms with E-state index in [9.17, 15) is 14.7 Å². The summed E-state index contributed by atoms with van der Waals surface area (Å²) in [5.74, 6) is -0.881. The first-order valence-corrected chi connectivity index (χ1v) is 7.74. The molecule has 0 aromatic heterocycles. The molecule has 1 saturated carbocycles. The fraction of sp³-hybridized carbons (Fsp3) is 0.750. The number of hydrogen-bond acceptors (Lipinski definition) is 2. The van der Waals surface area contributed by atoms with Crippen LogP contribution in [0.1, 0.15) is 64.2 Å². The lowest BCUT2D eigenvalue weighted by molar-refractivity contribution is -0.160. The Morgan fingerprint density at radius 3 is 2.45 bits per heavy atom. The molecular formula is C16H25NO3. The smallest absolute Gasteiger partial charge is 0.329 e. The van der Waals surface area contributed by atoms with Gasteiger partial charge in [-0.3, -0.25) is 4.79 Å². The number of carbonyl (C=O) groups is 2. The van der Waals surface area contributed by atoms with Crippen molar-refractivity contribution in [2.75, 3.05) is 7.05 Å². The molecule has 0 unspecified atom stereocenters. The van der Waals surface area contributed by atoms with Gasteiger partial charge in [0.05, 0.1) is 0 Å². The second-order valence-electron chi connectivity index (χ2n) is 6.14. The number of carboxylic acids is 1. The van der Waals surface area contributed by atoms with Crippen LogP contribution in [0.15, 0.2) is 11.6 Å². The predicted octanol–water partition coefficient (Wildman–Crippen LogP) is 3.12. The third-order valence-corrected chi connectivity index (χ3v) is 4.86. The van der Waals surface area contributed by atoms with E-state index >= 15 is 0 Å². The van der Waals surface area contributed by atoms with Crippen molar-refractivity contribution < 1.29 is 14.7 Å². The number of amides is 1. The molecule has 0 spiro atoms. The van der Waals surface area contributed by atoms with Gasteiger partial charge in [0.1, 0.15) is 5.54 Å². The standard InChI is InChI=1S/C16H25NO3/c1-17(14(18)12-13-8-4-2-5-9-13)16(15(19)20)10-6-3-7-11-16/h8H,2-7,9-12H2,1H3,(H,19,20). The minimum Gasteiger partial charge on any atom is -0.479 e. The van der Waals surface area contributed by atoms with Crippen LogP contribution in [0.2, 0.25) is 0 Å². The molecule has 0 saturated heterocycles. The van der Waals surface area contributed by atoms with Gasteiger partial charge in [0.25, 0.3) is 0 Å². The highest BCUT2D eigenvalue weighted by atomic mass is 16.4. The molecule has 1 N–H and O–H groups in total. The quantitative estimate of drug-likeness (QED) is 0.804. The van der Waals surface area contributed by atoms with Gasteiger partial charge >= 0.3 is 5.97 Å². The van der Waals surface area contributed by atoms with Gasteiger partial charge in [-0.1, -0.05) is 30.9 Å². The number of carboxylic acid groups (broad SMARTS) is 1. The highest BCUT2D eigenvalue weighted by molar-refractivity contribution is 5.88. The van der Waals surface area contributed by atoms with Crippen LogP contribution < -0.4 is 0 Å². The summed E-state index contributed by atoms with van der Waals surface area (Å²) in [7, 11) is 1.67. The van der Waals surface area contributed by atoms with Crippen LogP contribution >= 0.6 is 0 Å². The van der Waals surface area contributed by atoms with Crippen molar-refractivity contribution in [2.24, 2.45) is 0 Å². The summed E-state index contributed by atoms with van der Waals surface area (Å²) < 4.78 is 0. The van der Waals surface area contributed by atoms with Crippen LogP contribution in [-0.4, -0.2) is 34.5 Å². The maximum atomic E-state index is 12.4. The average molecular weight is 279 g/mol. The van der Waals surface area contributed by atoms with Gasteiger partial charge in [-0.25, -0.2) is 4.79 Å². The molecule has 1 amide bonds. The number of allylic oxidation sites excluding steroid dienone is 1. The summed E-state index contributed by atoms with van der Waals surface area (Å²) >= 11 is 0. The lowest BCUT2D eigenvalue weighted by Crippen LogP contribution is -2.56. The fourth-order valence-corrected chi connectivity index (χ4v) is 3.45. The molecule has 20 heavy (non-hydrogen) atoms. The number of nitrogens with zero attached hydrogens (tertiary/aromatic N) is 1. The minimum absolute atomic E-state index is 0.0394. The number of likely N-dealkylation sites (N-methyl/N-ethyl adjacent to an activating group) is 1. The van der Waals surface area contributed by atoms with E-state index in [1.54, 1.807) is 7.05 Å². The predicted molar refractivity (Wildman–Crippen MR) is 77.4 cm³/mol. The van der Waals surface area contributed by atoms with E-state index < -0.39 is 11.5 Å². The number of aliphatic carboxylic acids is 1. The Balaban J connectivity index is 2.06. The van der Waals surface area contributed by atoms with Gasteiger partial charge in [-0.2, -0.15) is 0 Å². The Labute approximate surface area is 120 Å². The molecule has 0 aromatic carbocycles. The molecule has 0 bridgehead atoms. The summed E-state index contributed by atoms with van der Waals surface area (Å²) in [5.41, 5.74) is 0.217. The summed E-state index contributed by atoms with van der Waals surface area (Å²) in [4.78, 5) is 25.7. The highest BCUT2D eigenvalue weighted by Crippen LogP contribution is 2.34. The van der Waals surface area contributed by atoms with Gasteiger partial charge in [-0.05, 0) is 38.5 Å². The van der Waals surface area contributed by atoms with Gasteiger partial charge in [-0.15, -0.1) is 0 Å². The molecule has 0 aliphatic heterocycles. The van der Waals surface area contributed by atoms with Crippen molar-refractivity contribution in [3.05, 3.63) is 11.6 Å². The van der Waals surface area contributed by atoms with Crippen LogP contribution in [0.5, 0.6) is 0 Å². The van der Waals surface area contributed by atoms with Crippen molar-refractivity contribution in [1.82, 2.24) is 4.90 Å². The first-order chi connectivity index (χ1) is 9.56. The molecule has 0 radical (unpaired) electrons. The first kappa shape index (κ1) is 15.1. The third kappa shape index (κ3) is 3.05. The molecule has 2 aliphatic carbocycles. The zero-order chi connectivity index (χ0) is 14.6. The van der Waals surface area contributed by atoms with E-state index in [1.165, 1.54) is 16.9 Å². The van der Waals surface area contributed by atoms with Crippen molar-refractivity contribution in [3.8, 4) is 0 Å². The molecule has 4 nitrogen and oxygen atoms in total. The molecular weight excluding hydrogens is 254 g/mol. The lowest BCUT2D eigenvalue weighted by Gasteiger charge is -2.41. The molecule has 0 aromatic rings. The Hall–Kier alpha value is -1.32. The minimum atomic E-state index is -0.968. The van der Waals surface area contributed by atoms with E-state index in [0.29, 0.717) is 19.3 Å². The molecule has 2 aliphatic rings. The third-order valence-electron chi connectivity index (χ3n) is 4.86. The Kier molecular flexibility index (Phi) is 4.84. The summed E-state index contributed by atoms with van der Waals surface area (Å²) in [6.45, 7) is 0. The SMILES string of the molecule is CN(C(=O)CC1=CCCCC1)C1(C(=O)O)CCCCC1. The average Bonchev–Trinajstić information content (AvgIpc) is 2.48. The maximum Gasteiger partial charge on any atom is 0.329 e. The van der Waals surface area contributed by atoms with Crippen molar-refractivity contribution in [2.45, 2.75) is 69.7 Å². The molecule has 0 atom stereocenters. The Morgan fingerprint density at radius 2 is 1.90 bits per heavy atom. The van der Waals surface area contributed by atoms with Crippen LogP contribution in [0.3, 0.4) is 0 Å². The maximum absolute atomic E-state index is 12.4. The van der Waals surface area contributed by atoms with Crippen molar-refractivity contribution in [3.63, 3.8) is 0 Å². The summed E-state index contributed by atoms with van der Waals surface area (Å²) in [6.07, 6.45) is 11.0. The fourth-order valence-electron chi connectivity index (χ4n) is 3.45. The van der Waals surface area contributed by atoms with Crippen molar-refractivity contribution in [1.29, 1.82) is 0 Å². The topological polar surface area (TPSA) is 57.6 Å². The lowest BCUT2D eigenvalue weighted by atomic mass is 9.80. The number of hydrogen-bond donors (Lipinski definition) is 1. The van der Waals surface area contributed by atoms with Crippen molar-refractivity contribution >= 4 is 11.9 Å². The molecule has 0 heterocycles. The zero-order valence-electron chi connectivity index (χ0n) is 12.4. The molecule has 2 rings (SSSR count). The molecule has 1 fully saturated rings. The van der Waals surface area contributed by atoms with Gasteiger partial charge < -0.3 is 10.0 Å². The normalized spacial score (nSPS) is 21.9. The van der Waals surface area contributed by atoms with E-state index in [2.05, 4.69) is 6.08 Å². The van der Waals surface area contributed by atoms with Gasteiger partial charge in [0.15, 0.2) is 0 Å². The molecule has 4 heteroatoms. The van der Waals surface area contributed by atoms with E-state index in [4.69, 9.17) is 0 Å². The van der Waals surface area contributed by atoms with Crippen LogP contribution in [0.4, 0.5) is 0 Å². The Morgan fingerprint density at radius 1 is 1.20 bits per heavy atom. The van der Waals surface area contributed by atoms with E-state index in [1.807, 2.05) is 0 Å². The van der Waals surface area contributed by atoms with Gasteiger partial charge in [0, 0.05) is 13.5 Å². The van der Waals surface area contributed by atoms with Crippen LogP contribution in [0, 0.1) is 0 Å².